The highest BCUT2D eigenvalue weighted by molar-refractivity contribution is 7.89. The van der Waals surface area contributed by atoms with Gasteiger partial charge >= 0.3 is 0 Å². The fraction of sp³-hybridized carbons (Fsp3) is 0.611. The standard InChI is InChI=1S/C18H32N4O2S2/c1-7-22(8-2)26(23,24)16-12-14(3)15(4)17(13-16)20-18(25)19-10-9-11-21(5)6/h12-13H,7-11H2,1-6H3,(H2,19,20,25). The summed E-state index contributed by atoms with van der Waals surface area (Å²) in [7, 11) is 0.560. The van der Waals surface area contributed by atoms with Crippen LogP contribution >= 0.6 is 12.2 Å². The third-order valence-electron chi connectivity index (χ3n) is 4.30. The molecule has 2 N–H and O–H groups in total. The van der Waals surface area contributed by atoms with Gasteiger partial charge in [0.05, 0.1) is 4.90 Å². The van der Waals surface area contributed by atoms with Gasteiger partial charge in [0, 0.05) is 25.3 Å². The number of anilines is 1. The fourth-order valence-electron chi connectivity index (χ4n) is 2.58. The zero-order valence-electron chi connectivity index (χ0n) is 16.7. The number of thiocarbonyl (C=S) groups is 1. The van der Waals surface area contributed by atoms with E-state index in [1.54, 1.807) is 12.1 Å². The number of sulfonamides is 1. The molecule has 0 fully saturated rings. The van der Waals surface area contributed by atoms with Crippen LogP contribution in [0, 0.1) is 13.8 Å². The maximum absolute atomic E-state index is 12.8. The fourth-order valence-corrected chi connectivity index (χ4v) is 4.36. The van der Waals surface area contributed by atoms with Crippen molar-refractivity contribution in [2.45, 2.75) is 39.0 Å². The summed E-state index contributed by atoms with van der Waals surface area (Å²) in [6.07, 6.45) is 0.975. The van der Waals surface area contributed by atoms with Crippen molar-refractivity contribution in [2.75, 3.05) is 45.6 Å². The molecule has 0 radical (unpaired) electrons. The van der Waals surface area contributed by atoms with Crippen molar-refractivity contribution in [3.8, 4) is 0 Å². The first kappa shape index (κ1) is 22.8. The summed E-state index contributed by atoms with van der Waals surface area (Å²) >= 11 is 5.36. The molecular weight excluding hydrogens is 368 g/mol. The van der Waals surface area contributed by atoms with Gasteiger partial charge in [-0.15, -0.1) is 0 Å². The van der Waals surface area contributed by atoms with Crippen molar-refractivity contribution in [2.24, 2.45) is 0 Å². The summed E-state index contributed by atoms with van der Waals surface area (Å²) in [5, 5.41) is 6.82. The topological polar surface area (TPSA) is 64.7 Å². The number of hydrogen-bond donors (Lipinski definition) is 2. The minimum Gasteiger partial charge on any atom is -0.362 e. The van der Waals surface area contributed by atoms with E-state index in [2.05, 4.69) is 15.5 Å². The largest absolute Gasteiger partial charge is 0.362 e. The van der Waals surface area contributed by atoms with Gasteiger partial charge in [0.1, 0.15) is 0 Å². The molecule has 0 saturated carbocycles. The molecule has 1 rings (SSSR count). The molecule has 0 atom stereocenters. The lowest BCUT2D eigenvalue weighted by atomic mass is 10.1. The minimum atomic E-state index is -3.51. The lowest BCUT2D eigenvalue weighted by Gasteiger charge is -2.21. The molecule has 0 aliphatic carbocycles. The van der Waals surface area contributed by atoms with E-state index in [0.29, 0.717) is 23.1 Å². The molecule has 1 aromatic carbocycles. The van der Waals surface area contributed by atoms with E-state index in [0.717, 1.165) is 36.3 Å². The van der Waals surface area contributed by atoms with Gasteiger partial charge in [-0.25, -0.2) is 8.42 Å². The summed E-state index contributed by atoms with van der Waals surface area (Å²) in [6.45, 7) is 10.2. The lowest BCUT2D eigenvalue weighted by molar-refractivity contribution is 0.400. The Kier molecular flexibility index (Phi) is 8.95. The van der Waals surface area contributed by atoms with Crippen LogP contribution in [0.25, 0.3) is 0 Å². The molecule has 1 aromatic rings. The Morgan fingerprint density at radius 3 is 2.31 bits per heavy atom. The first-order chi connectivity index (χ1) is 12.1. The smallest absolute Gasteiger partial charge is 0.243 e. The molecule has 0 amide bonds. The maximum atomic E-state index is 12.8. The highest BCUT2D eigenvalue weighted by atomic mass is 32.2. The Balaban J connectivity index is 2.96. The normalized spacial score (nSPS) is 11.8. The van der Waals surface area contributed by atoms with Crippen molar-refractivity contribution in [3.05, 3.63) is 23.3 Å². The average Bonchev–Trinajstić information content (AvgIpc) is 2.56. The second kappa shape index (κ2) is 10.2. The van der Waals surface area contributed by atoms with Gasteiger partial charge < -0.3 is 15.5 Å². The monoisotopic (exact) mass is 400 g/mol. The maximum Gasteiger partial charge on any atom is 0.243 e. The second-order valence-corrected chi connectivity index (χ2v) is 8.89. The molecule has 0 bridgehead atoms. The number of nitrogens with one attached hydrogen (secondary N) is 2. The Morgan fingerprint density at radius 2 is 1.77 bits per heavy atom. The number of aryl methyl sites for hydroxylation is 1. The Hall–Kier alpha value is -1.22. The highest BCUT2D eigenvalue weighted by Crippen LogP contribution is 2.26. The Labute approximate surface area is 164 Å². The van der Waals surface area contributed by atoms with E-state index in [-0.39, 0.29) is 0 Å². The minimum absolute atomic E-state index is 0.294. The number of rotatable bonds is 9. The van der Waals surface area contributed by atoms with Crippen LogP contribution in [0.2, 0.25) is 0 Å². The van der Waals surface area contributed by atoms with Crippen LogP contribution in [-0.4, -0.2) is 63.0 Å². The van der Waals surface area contributed by atoms with Crippen LogP contribution in [0.3, 0.4) is 0 Å². The molecule has 26 heavy (non-hydrogen) atoms. The molecule has 6 nitrogen and oxygen atoms in total. The average molecular weight is 401 g/mol. The summed E-state index contributed by atoms with van der Waals surface area (Å²) in [5.74, 6) is 0. The van der Waals surface area contributed by atoms with Gasteiger partial charge in [-0.2, -0.15) is 4.31 Å². The Morgan fingerprint density at radius 1 is 1.15 bits per heavy atom. The van der Waals surface area contributed by atoms with Crippen molar-refractivity contribution in [1.29, 1.82) is 0 Å². The lowest BCUT2D eigenvalue weighted by Crippen LogP contribution is -2.32. The van der Waals surface area contributed by atoms with E-state index in [4.69, 9.17) is 12.2 Å². The summed E-state index contributed by atoms with van der Waals surface area (Å²) < 4.78 is 27.1. The van der Waals surface area contributed by atoms with Crippen LogP contribution in [0.1, 0.15) is 31.4 Å². The quantitative estimate of drug-likeness (QED) is 0.491. The zero-order valence-corrected chi connectivity index (χ0v) is 18.4. The van der Waals surface area contributed by atoms with E-state index < -0.39 is 10.0 Å². The highest BCUT2D eigenvalue weighted by Gasteiger charge is 2.23. The molecule has 0 aliphatic rings. The third kappa shape index (κ3) is 6.19. The van der Waals surface area contributed by atoms with Gasteiger partial charge in [-0.1, -0.05) is 13.8 Å². The SMILES string of the molecule is CCN(CC)S(=O)(=O)c1cc(C)c(C)c(NC(=S)NCCCN(C)C)c1. The van der Waals surface area contributed by atoms with Gasteiger partial charge in [-0.05, 0) is 76.4 Å². The van der Waals surface area contributed by atoms with Crippen LogP contribution in [-0.2, 0) is 10.0 Å². The van der Waals surface area contributed by atoms with Crippen molar-refractivity contribution < 1.29 is 8.42 Å². The van der Waals surface area contributed by atoms with Gasteiger partial charge in [-0.3, -0.25) is 0 Å². The van der Waals surface area contributed by atoms with Gasteiger partial charge in [0.2, 0.25) is 10.0 Å². The van der Waals surface area contributed by atoms with Crippen molar-refractivity contribution in [3.63, 3.8) is 0 Å². The third-order valence-corrected chi connectivity index (χ3v) is 6.57. The molecule has 148 valence electrons. The summed E-state index contributed by atoms with van der Waals surface area (Å²) in [4.78, 5) is 2.41. The predicted octanol–water partition coefficient (Wildman–Crippen LogP) is 2.57. The van der Waals surface area contributed by atoms with E-state index in [9.17, 15) is 8.42 Å². The van der Waals surface area contributed by atoms with Crippen LogP contribution in [0.4, 0.5) is 5.69 Å². The predicted molar refractivity (Wildman–Crippen MR) is 113 cm³/mol. The Bertz CT molecular complexity index is 714. The molecule has 0 aliphatic heterocycles. The molecule has 0 spiro atoms. The van der Waals surface area contributed by atoms with E-state index in [1.807, 2.05) is 41.8 Å². The number of hydrogen-bond acceptors (Lipinski definition) is 4. The van der Waals surface area contributed by atoms with Crippen LogP contribution in [0.5, 0.6) is 0 Å². The van der Waals surface area contributed by atoms with Gasteiger partial charge in [0.15, 0.2) is 5.11 Å². The van der Waals surface area contributed by atoms with Gasteiger partial charge in [0.25, 0.3) is 0 Å². The second-order valence-electron chi connectivity index (χ2n) is 6.54. The van der Waals surface area contributed by atoms with Crippen molar-refractivity contribution in [1.82, 2.24) is 14.5 Å². The molecule has 8 heteroatoms. The first-order valence-electron chi connectivity index (χ1n) is 8.94. The zero-order chi connectivity index (χ0) is 19.9. The molecule has 0 saturated heterocycles. The summed E-state index contributed by atoms with van der Waals surface area (Å²) in [5.41, 5.74) is 2.62. The van der Waals surface area contributed by atoms with Crippen molar-refractivity contribution >= 4 is 33.0 Å². The molecule has 0 heterocycles. The molecule has 0 aromatic heterocycles. The van der Waals surface area contributed by atoms with Crippen LogP contribution in [0.15, 0.2) is 17.0 Å². The van der Waals surface area contributed by atoms with Crippen LogP contribution < -0.4 is 10.6 Å². The number of nitrogens with zero attached hydrogens (tertiary/aromatic N) is 2. The summed E-state index contributed by atoms with van der Waals surface area (Å²) in [6, 6.07) is 3.39. The molecule has 0 unspecified atom stereocenters. The first-order valence-corrected chi connectivity index (χ1v) is 10.8. The van der Waals surface area contributed by atoms with E-state index in [1.165, 1.54) is 4.31 Å². The number of benzene rings is 1. The molecular formula is C18H32N4O2S2. The van der Waals surface area contributed by atoms with E-state index >= 15 is 0 Å².